The number of nitrogens with one attached hydrogen (secondary N) is 1. The van der Waals surface area contributed by atoms with Crippen molar-refractivity contribution in [2.45, 2.75) is 31.7 Å². The van der Waals surface area contributed by atoms with E-state index >= 15 is 0 Å². The number of rotatable bonds is 4. The number of nitrogens with zero attached hydrogens (tertiary/aromatic N) is 1. The molecule has 1 fully saturated rings. The fourth-order valence-electron chi connectivity index (χ4n) is 3.06. The summed E-state index contributed by atoms with van der Waals surface area (Å²) in [6.07, 6.45) is 5.83. The van der Waals surface area contributed by atoms with E-state index in [2.05, 4.69) is 10.3 Å². The van der Waals surface area contributed by atoms with Crippen molar-refractivity contribution in [1.29, 1.82) is 0 Å². The molecule has 1 heterocycles. The zero-order chi connectivity index (χ0) is 16.2. The van der Waals surface area contributed by atoms with Crippen molar-refractivity contribution >= 4 is 17.2 Å². The molecule has 0 saturated heterocycles. The van der Waals surface area contributed by atoms with Gasteiger partial charge in [-0.25, -0.2) is 9.37 Å². The third-order valence-electron chi connectivity index (χ3n) is 4.36. The summed E-state index contributed by atoms with van der Waals surface area (Å²) in [5.41, 5.74) is 6.23. The Hall–Kier alpha value is -1.79. The quantitative estimate of drug-likeness (QED) is 0.903. The van der Waals surface area contributed by atoms with Crippen molar-refractivity contribution in [1.82, 2.24) is 10.3 Å². The zero-order valence-electron chi connectivity index (χ0n) is 12.8. The number of amides is 1. The molecule has 0 bridgehead atoms. The van der Waals surface area contributed by atoms with Gasteiger partial charge >= 0.3 is 0 Å². The smallest absolute Gasteiger partial charge is 0.263 e. The lowest BCUT2D eigenvalue weighted by atomic mass is 9.84. The number of hydrogen-bond donors (Lipinski definition) is 2. The maximum absolute atomic E-state index is 13.8. The van der Waals surface area contributed by atoms with E-state index in [0.29, 0.717) is 27.9 Å². The molecule has 1 aromatic heterocycles. The normalized spacial score (nSPS) is 21.1. The highest BCUT2D eigenvalue weighted by Crippen LogP contribution is 2.28. The fourth-order valence-corrected chi connectivity index (χ4v) is 3.90. The topological polar surface area (TPSA) is 68.0 Å². The number of halogens is 1. The second-order valence-electron chi connectivity index (χ2n) is 5.87. The van der Waals surface area contributed by atoms with Crippen LogP contribution in [0, 0.1) is 11.7 Å². The largest absolute Gasteiger partial charge is 0.348 e. The number of benzene rings is 1. The predicted molar refractivity (Wildman–Crippen MR) is 89.8 cm³/mol. The molecule has 2 aromatic rings. The Morgan fingerprint density at radius 2 is 2.13 bits per heavy atom. The van der Waals surface area contributed by atoms with Crippen molar-refractivity contribution in [2.24, 2.45) is 11.7 Å². The van der Waals surface area contributed by atoms with Crippen molar-refractivity contribution in [2.75, 3.05) is 6.54 Å². The first kappa shape index (κ1) is 16.1. The van der Waals surface area contributed by atoms with Gasteiger partial charge in [-0.1, -0.05) is 25.0 Å². The van der Waals surface area contributed by atoms with Gasteiger partial charge in [0.1, 0.15) is 15.7 Å². The van der Waals surface area contributed by atoms with E-state index in [0.717, 1.165) is 19.3 Å². The Morgan fingerprint density at radius 1 is 1.35 bits per heavy atom. The van der Waals surface area contributed by atoms with Crippen molar-refractivity contribution in [3.8, 4) is 10.6 Å². The standard InChI is InChI=1S/C17H20FN3OS/c18-13-7-3-2-6-12(13)17-20-10-15(23-17)16(22)21-14-8-4-1-5-11(14)9-19/h2-3,6-7,10-11,14H,1,4-5,8-9,19H2,(H,21,22). The van der Waals surface area contributed by atoms with Gasteiger partial charge in [0.2, 0.25) is 0 Å². The first-order valence-corrected chi connectivity index (χ1v) is 8.72. The molecule has 0 radical (unpaired) electrons. The van der Waals surface area contributed by atoms with Crippen LogP contribution in [0.3, 0.4) is 0 Å². The third-order valence-corrected chi connectivity index (χ3v) is 5.39. The molecule has 2 unspecified atom stereocenters. The summed E-state index contributed by atoms with van der Waals surface area (Å²) in [5, 5.41) is 3.59. The van der Waals surface area contributed by atoms with E-state index in [1.807, 2.05) is 0 Å². The maximum atomic E-state index is 13.8. The first-order valence-electron chi connectivity index (χ1n) is 7.90. The summed E-state index contributed by atoms with van der Waals surface area (Å²) in [4.78, 5) is 17.1. The summed E-state index contributed by atoms with van der Waals surface area (Å²) < 4.78 is 13.8. The molecule has 1 aromatic carbocycles. The molecule has 23 heavy (non-hydrogen) atoms. The van der Waals surface area contributed by atoms with E-state index in [9.17, 15) is 9.18 Å². The van der Waals surface area contributed by atoms with Gasteiger partial charge in [-0.05, 0) is 37.4 Å². The van der Waals surface area contributed by atoms with Crippen LogP contribution < -0.4 is 11.1 Å². The van der Waals surface area contributed by atoms with E-state index in [1.165, 1.54) is 30.0 Å². The Labute approximate surface area is 138 Å². The van der Waals surface area contributed by atoms with Crippen LogP contribution >= 0.6 is 11.3 Å². The van der Waals surface area contributed by atoms with Crippen molar-refractivity contribution in [3.05, 3.63) is 41.2 Å². The van der Waals surface area contributed by atoms with Crippen LogP contribution in [0.5, 0.6) is 0 Å². The summed E-state index contributed by atoms with van der Waals surface area (Å²) in [6.45, 7) is 0.591. The van der Waals surface area contributed by atoms with Crippen LogP contribution in [-0.4, -0.2) is 23.5 Å². The minimum atomic E-state index is -0.329. The molecule has 2 atom stereocenters. The van der Waals surface area contributed by atoms with E-state index in [4.69, 9.17) is 5.73 Å². The minimum absolute atomic E-state index is 0.125. The molecular formula is C17H20FN3OS. The Morgan fingerprint density at radius 3 is 2.91 bits per heavy atom. The number of nitrogens with two attached hydrogens (primary N) is 1. The second kappa shape index (κ2) is 7.19. The number of hydrogen-bond acceptors (Lipinski definition) is 4. The van der Waals surface area contributed by atoms with Crippen molar-refractivity contribution in [3.63, 3.8) is 0 Å². The van der Waals surface area contributed by atoms with Crippen LogP contribution in [0.25, 0.3) is 10.6 Å². The molecule has 1 saturated carbocycles. The first-order chi connectivity index (χ1) is 11.2. The lowest BCUT2D eigenvalue weighted by Gasteiger charge is -2.31. The number of carbonyl (C=O) groups is 1. The van der Waals surface area contributed by atoms with Crippen LogP contribution in [0.15, 0.2) is 30.5 Å². The third kappa shape index (κ3) is 3.59. The van der Waals surface area contributed by atoms with Crippen LogP contribution in [0.4, 0.5) is 4.39 Å². The molecule has 122 valence electrons. The molecule has 3 rings (SSSR count). The fraction of sp³-hybridized carbons (Fsp3) is 0.412. The molecule has 0 aliphatic heterocycles. The van der Waals surface area contributed by atoms with Crippen LogP contribution in [0.1, 0.15) is 35.4 Å². The van der Waals surface area contributed by atoms with Gasteiger partial charge in [0.05, 0.1) is 6.20 Å². The second-order valence-corrected chi connectivity index (χ2v) is 6.90. The number of carbonyl (C=O) groups excluding carboxylic acids is 1. The van der Waals surface area contributed by atoms with E-state index < -0.39 is 0 Å². The lowest BCUT2D eigenvalue weighted by Crippen LogP contribution is -2.44. The Kier molecular flexibility index (Phi) is 5.03. The molecule has 0 spiro atoms. The molecule has 6 heteroatoms. The summed E-state index contributed by atoms with van der Waals surface area (Å²) in [7, 11) is 0. The molecule has 1 aliphatic carbocycles. The molecule has 1 aliphatic rings. The Balaban J connectivity index is 1.72. The highest BCUT2D eigenvalue weighted by atomic mass is 32.1. The van der Waals surface area contributed by atoms with Crippen LogP contribution in [0.2, 0.25) is 0 Å². The van der Waals surface area contributed by atoms with E-state index in [-0.39, 0.29) is 17.8 Å². The zero-order valence-corrected chi connectivity index (χ0v) is 13.6. The van der Waals surface area contributed by atoms with Gasteiger partial charge < -0.3 is 11.1 Å². The molecule has 1 amide bonds. The highest BCUT2D eigenvalue weighted by Gasteiger charge is 2.26. The molecule has 3 N–H and O–H groups in total. The molecule has 4 nitrogen and oxygen atoms in total. The number of thiazole rings is 1. The lowest BCUT2D eigenvalue weighted by molar-refractivity contribution is 0.0912. The van der Waals surface area contributed by atoms with Gasteiger partial charge in [-0.15, -0.1) is 11.3 Å². The summed E-state index contributed by atoms with van der Waals surface area (Å²) >= 11 is 1.21. The van der Waals surface area contributed by atoms with Gasteiger partial charge in [-0.2, -0.15) is 0 Å². The molecular weight excluding hydrogens is 313 g/mol. The summed E-state index contributed by atoms with van der Waals surface area (Å²) in [5.74, 6) is -0.133. The average Bonchev–Trinajstić information content (AvgIpc) is 3.05. The van der Waals surface area contributed by atoms with E-state index in [1.54, 1.807) is 18.2 Å². The SMILES string of the molecule is NCC1CCCCC1NC(=O)c1cnc(-c2ccccc2F)s1. The van der Waals surface area contributed by atoms with Crippen molar-refractivity contribution < 1.29 is 9.18 Å². The van der Waals surface area contributed by atoms with Gasteiger partial charge in [0.25, 0.3) is 5.91 Å². The van der Waals surface area contributed by atoms with Gasteiger partial charge in [0.15, 0.2) is 0 Å². The highest BCUT2D eigenvalue weighted by molar-refractivity contribution is 7.16. The Bertz CT molecular complexity index is 688. The van der Waals surface area contributed by atoms with Gasteiger partial charge in [0, 0.05) is 11.6 Å². The van der Waals surface area contributed by atoms with Crippen LogP contribution in [-0.2, 0) is 0 Å². The number of aromatic nitrogens is 1. The van der Waals surface area contributed by atoms with Gasteiger partial charge in [-0.3, -0.25) is 4.79 Å². The monoisotopic (exact) mass is 333 g/mol. The summed E-state index contributed by atoms with van der Waals surface area (Å²) in [6, 6.07) is 6.58. The minimum Gasteiger partial charge on any atom is -0.348 e. The maximum Gasteiger partial charge on any atom is 0.263 e. The average molecular weight is 333 g/mol. The predicted octanol–water partition coefficient (Wildman–Crippen LogP) is 3.20.